The summed E-state index contributed by atoms with van der Waals surface area (Å²) >= 11 is 0. The van der Waals surface area contributed by atoms with E-state index in [0.717, 1.165) is 9.87 Å². The van der Waals surface area contributed by atoms with E-state index in [-0.39, 0.29) is 24.0 Å². The molecule has 0 fully saturated rings. The Bertz CT molecular complexity index is 1610. The predicted octanol–water partition coefficient (Wildman–Crippen LogP) is 4.10. The smallest absolute Gasteiger partial charge is 0.262 e. The van der Waals surface area contributed by atoms with Crippen LogP contribution >= 0.6 is 0 Å². The molecule has 0 saturated carbocycles. The van der Waals surface area contributed by atoms with Crippen molar-refractivity contribution in [2.75, 3.05) is 32.1 Å². The van der Waals surface area contributed by atoms with E-state index in [9.17, 15) is 18.0 Å². The largest absolute Gasteiger partial charge is 0.497 e. The highest BCUT2D eigenvalue weighted by atomic mass is 32.2. The highest BCUT2D eigenvalue weighted by Gasteiger charge is 2.26. The quantitative estimate of drug-likeness (QED) is 0.166. The molecule has 4 aromatic rings. The molecule has 222 valence electrons. The number of carbonyl (C=O) groups is 2. The lowest BCUT2D eigenvalue weighted by molar-refractivity contribution is -0.121. The number of rotatable bonds is 14. The molecule has 11 heteroatoms. The second-order valence-corrected chi connectivity index (χ2v) is 11.3. The van der Waals surface area contributed by atoms with Gasteiger partial charge in [-0.05, 0) is 78.2 Å². The third-order valence-corrected chi connectivity index (χ3v) is 8.08. The topological polar surface area (TPSA) is 126 Å². The first-order valence-corrected chi connectivity index (χ1v) is 14.9. The van der Waals surface area contributed by atoms with Crippen LogP contribution in [0.25, 0.3) is 0 Å². The zero-order chi connectivity index (χ0) is 30.5. The van der Waals surface area contributed by atoms with Gasteiger partial charge in [-0.1, -0.05) is 48.5 Å². The van der Waals surface area contributed by atoms with Crippen molar-refractivity contribution in [1.29, 1.82) is 0 Å². The number of ether oxygens (including phenoxy) is 2. The molecule has 0 atom stereocenters. The summed E-state index contributed by atoms with van der Waals surface area (Å²) in [6.45, 7) is -0.451. The summed E-state index contributed by atoms with van der Waals surface area (Å²) in [6.07, 6.45) is 1.87. The molecule has 4 aromatic carbocycles. The maximum absolute atomic E-state index is 13.3. The molecule has 10 nitrogen and oxygen atoms in total. The van der Waals surface area contributed by atoms with Crippen molar-refractivity contribution < 1.29 is 27.5 Å². The summed E-state index contributed by atoms with van der Waals surface area (Å²) < 4.78 is 38.4. The molecule has 0 radical (unpaired) electrons. The van der Waals surface area contributed by atoms with Gasteiger partial charge in [0.05, 0.1) is 24.8 Å². The third-order valence-electron chi connectivity index (χ3n) is 6.22. The van der Waals surface area contributed by atoms with Gasteiger partial charge in [0.25, 0.3) is 11.8 Å². The van der Waals surface area contributed by atoms with Crippen molar-refractivity contribution in [2.45, 2.75) is 11.3 Å². The normalized spacial score (nSPS) is 11.3. The van der Waals surface area contributed by atoms with Gasteiger partial charge in [-0.2, -0.15) is 9.41 Å². The van der Waals surface area contributed by atoms with Crippen LogP contribution in [-0.4, -0.2) is 57.6 Å². The zero-order valence-corrected chi connectivity index (χ0v) is 24.4. The molecule has 0 aliphatic rings. The van der Waals surface area contributed by atoms with Gasteiger partial charge in [0, 0.05) is 12.2 Å². The van der Waals surface area contributed by atoms with Crippen LogP contribution in [0.15, 0.2) is 119 Å². The second-order valence-electron chi connectivity index (χ2n) is 9.31. The van der Waals surface area contributed by atoms with E-state index in [0.29, 0.717) is 29.2 Å². The lowest BCUT2D eigenvalue weighted by Gasteiger charge is -2.21. The van der Waals surface area contributed by atoms with Crippen LogP contribution in [0.3, 0.4) is 0 Å². The molecule has 0 aliphatic heterocycles. The minimum atomic E-state index is -3.91. The van der Waals surface area contributed by atoms with E-state index in [1.165, 1.54) is 18.3 Å². The lowest BCUT2D eigenvalue weighted by atomic mass is 10.1. The predicted molar refractivity (Wildman–Crippen MR) is 165 cm³/mol. The number of carbonyl (C=O) groups excluding carboxylic acids is 2. The number of benzene rings is 4. The summed E-state index contributed by atoms with van der Waals surface area (Å²) in [7, 11) is -2.34. The van der Waals surface area contributed by atoms with Crippen LogP contribution in [-0.2, 0) is 26.0 Å². The first kappa shape index (κ1) is 30.9. The van der Waals surface area contributed by atoms with Gasteiger partial charge >= 0.3 is 0 Å². The van der Waals surface area contributed by atoms with Crippen LogP contribution in [0, 0.1) is 0 Å². The highest BCUT2D eigenvalue weighted by Crippen LogP contribution is 2.17. The van der Waals surface area contributed by atoms with E-state index < -0.39 is 22.5 Å². The van der Waals surface area contributed by atoms with Crippen LogP contribution < -0.4 is 20.2 Å². The van der Waals surface area contributed by atoms with Crippen molar-refractivity contribution in [3.8, 4) is 11.5 Å². The highest BCUT2D eigenvalue weighted by molar-refractivity contribution is 7.89. The van der Waals surface area contributed by atoms with Gasteiger partial charge in [-0.15, -0.1) is 0 Å². The van der Waals surface area contributed by atoms with Gasteiger partial charge in [-0.25, -0.2) is 13.8 Å². The Morgan fingerprint density at radius 1 is 0.814 bits per heavy atom. The van der Waals surface area contributed by atoms with Crippen molar-refractivity contribution in [3.05, 3.63) is 120 Å². The molecule has 0 unspecified atom stereocenters. The molecule has 0 aliphatic carbocycles. The van der Waals surface area contributed by atoms with Crippen LogP contribution in [0.5, 0.6) is 11.5 Å². The van der Waals surface area contributed by atoms with E-state index in [2.05, 4.69) is 15.8 Å². The maximum Gasteiger partial charge on any atom is 0.262 e. The molecule has 2 N–H and O–H groups in total. The second kappa shape index (κ2) is 15.3. The Kier molecular flexibility index (Phi) is 11.0. The number of hydrogen-bond acceptors (Lipinski definition) is 7. The van der Waals surface area contributed by atoms with Gasteiger partial charge < -0.3 is 14.8 Å². The third kappa shape index (κ3) is 9.52. The van der Waals surface area contributed by atoms with E-state index in [1.807, 2.05) is 30.3 Å². The average Bonchev–Trinajstić information content (AvgIpc) is 3.04. The monoisotopic (exact) mass is 600 g/mol. The fourth-order valence-electron chi connectivity index (χ4n) is 3.97. The number of hydrazone groups is 1. The summed E-state index contributed by atoms with van der Waals surface area (Å²) in [5.74, 6) is 0.276. The number of methoxy groups -OCH3 is 1. The van der Waals surface area contributed by atoms with E-state index >= 15 is 0 Å². The molecule has 0 spiro atoms. The number of amides is 2. The maximum atomic E-state index is 13.3. The van der Waals surface area contributed by atoms with Gasteiger partial charge in [0.1, 0.15) is 11.5 Å². The number of nitrogens with one attached hydrogen (secondary N) is 2. The van der Waals surface area contributed by atoms with Crippen molar-refractivity contribution >= 4 is 33.7 Å². The Hall–Kier alpha value is -5.00. The molecule has 4 rings (SSSR count). The van der Waals surface area contributed by atoms with Crippen molar-refractivity contribution in [1.82, 2.24) is 9.73 Å². The van der Waals surface area contributed by atoms with E-state index in [4.69, 9.17) is 9.47 Å². The summed E-state index contributed by atoms with van der Waals surface area (Å²) in [5, 5.41) is 6.71. The molecule has 2 amide bonds. The Morgan fingerprint density at radius 3 is 2.09 bits per heavy atom. The van der Waals surface area contributed by atoms with Gasteiger partial charge in [0.15, 0.2) is 6.61 Å². The first-order chi connectivity index (χ1) is 20.8. The zero-order valence-electron chi connectivity index (χ0n) is 23.6. The summed E-state index contributed by atoms with van der Waals surface area (Å²) in [6, 6.07) is 31.2. The number of anilines is 1. The number of hydrogen-bond donors (Lipinski definition) is 2. The van der Waals surface area contributed by atoms with Crippen LogP contribution in [0.4, 0.5) is 5.69 Å². The number of sulfonamides is 1. The summed E-state index contributed by atoms with van der Waals surface area (Å²) in [5.41, 5.74) is 4.64. The van der Waals surface area contributed by atoms with E-state index in [1.54, 1.807) is 73.8 Å². The molecule has 0 aromatic heterocycles. The standard InChI is InChI=1S/C32H32N4O6S/c1-41-28-18-14-27(15-19-28)34-32(38)24-42-29-16-12-26(13-17-29)22-33-35-31(37)23-36(21-20-25-8-4-2-5-9-25)43(39,40)30-10-6-3-7-11-30/h2-19,22H,20-21,23-24H2,1H3,(H,34,38)(H,35,37)/b33-22+. The van der Waals surface area contributed by atoms with Crippen LogP contribution in [0.1, 0.15) is 11.1 Å². The lowest BCUT2D eigenvalue weighted by Crippen LogP contribution is -2.40. The molecule has 0 saturated heterocycles. The van der Waals surface area contributed by atoms with Crippen LogP contribution in [0.2, 0.25) is 0 Å². The fraction of sp³-hybridized carbons (Fsp3) is 0.156. The fourth-order valence-corrected chi connectivity index (χ4v) is 5.39. The molecule has 43 heavy (non-hydrogen) atoms. The minimum Gasteiger partial charge on any atom is -0.497 e. The van der Waals surface area contributed by atoms with Crippen molar-refractivity contribution in [3.63, 3.8) is 0 Å². The van der Waals surface area contributed by atoms with Gasteiger partial charge in [-0.3, -0.25) is 9.59 Å². The molecule has 0 heterocycles. The molecular weight excluding hydrogens is 568 g/mol. The molecule has 0 bridgehead atoms. The Morgan fingerprint density at radius 2 is 1.44 bits per heavy atom. The summed E-state index contributed by atoms with van der Waals surface area (Å²) in [4.78, 5) is 25.0. The first-order valence-electron chi connectivity index (χ1n) is 13.4. The Labute approximate surface area is 251 Å². The van der Waals surface area contributed by atoms with Gasteiger partial charge in [0.2, 0.25) is 10.0 Å². The average molecular weight is 601 g/mol. The number of nitrogens with zero attached hydrogens (tertiary/aromatic N) is 2. The Balaban J connectivity index is 1.29. The van der Waals surface area contributed by atoms with Crippen molar-refractivity contribution in [2.24, 2.45) is 5.10 Å². The SMILES string of the molecule is COc1ccc(NC(=O)COc2ccc(/C=N/NC(=O)CN(CCc3ccccc3)S(=O)(=O)c3ccccc3)cc2)cc1. The molecular formula is C32H32N4O6S. The minimum absolute atomic E-state index is 0.111.